The van der Waals surface area contributed by atoms with Gasteiger partial charge in [0.2, 0.25) is 5.91 Å². The van der Waals surface area contributed by atoms with Gasteiger partial charge in [0, 0.05) is 19.6 Å². The Morgan fingerprint density at radius 3 is 2.44 bits per heavy atom. The first kappa shape index (κ1) is 12.7. The third kappa shape index (κ3) is 2.83. The van der Waals surface area contributed by atoms with E-state index in [0.717, 1.165) is 5.56 Å². The molecular formula is C13H20N2O. The van der Waals surface area contributed by atoms with Crippen molar-refractivity contribution in [1.29, 1.82) is 0 Å². The van der Waals surface area contributed by atoms with Crippen LogP contribution in [-0.2, 0) is 4.79 Å². The first-order valence-corrected chi connectivity index (χ1v) is 5.63. The van der Waals surface area contributed by atoms with Gasteiger partial charge in [-0.25, -0.2) is 0 Å². The van der Waals surface area contributed by atoms with Crippen molar-refractivity contribution in [2.24, 2.45) is 11.7 Å². The number of rotatable bonds is 4. The number of carbonyl (C=O) groups is 1. The molecule has 0 aliphatic carbocycles. The van der Waals surface area contributed by atoms with Gasteiger partial charge >= 0.3 is 0 Å². The second-order valence-electron chi connectivity index (χ2n) is 4.08. The summed E-state index contributed by atoms with van der Waals surface area (Å²) in [6, 6.07) is 9.51. The fourth-order valence-corrected chi connectivity index (χ4v) is 1.62. The summed E-state index contributed by atoms with van der Waals surface area (Å²) in [6.45, 7) is 4.55. The normalized spacial score (nSPS) is 14.2. The van der Waals surface area contributed by atoms with Crippen LogP contribution in [0.4, 0.5) is 0 Å². The summed E-state index contributed by atoms with van der Waals surface area (Å²) in [5.41, 5.74) is 7.09. The average molecular weight is 220 g/mol. The summed E-state index contributed by atoms with van der Waals surface area (Å²) >= 11 is 0. The molecule has 3 heteroatoms. The maximum absolute atomic E-state index is 11.9. The molecule has 1 amide bonds. The van der Waals surface area contributed by atoms with E-state index in [2.05, 4.69) is 0 Å². The fraction of sp³-hybridized carbons (Fsp3) is 0.462. The maximum atomic E-state index is 11.9. The van der Waals surface area contributed by atoms with Gasteiger partial charge in [-0.05, 0) is 12.5 Å². The minimum atomic E-state index is -0.234. The van der Waals surface area contributed by atoms with Crippen molar-refractivity contribution in [2.75, 3.05) is 13.6 Å². The molecule has 0 saturated carbocycles. The molecule has 0 spiro atoms. The highest BCUT2D eigenvalue weighted by Gasteiger charge is 2.23. The van der Waals surface area contributed by atoms with Gasteiger partial charge in [-0.15, -0.1) is 0 Å². The molecule has 3 nitrogen and oxygen atoms in total. The molecule has 16 heavy (non-hydrogen) atoms. The largest absolute Gasteiger partial charge is 0.346 e. The summed E-state index contributed by atoms with van der Waals surface area (Å²) in [7, 11) is 1.80. The molecule has 1 aromatic carbocycles. The van der Waals surface area contributed by atoms with Crippen LogP contribution in [0, 0.1) is 5.92 Å². The number of nitrogens with zero attached hydrogens (tertiary/aromatic N) is 1. The van der Waals surface area contributed by atoms with Crippen LogP contribution in [-0.4, -0.2) is 24.4 Å². The van der Waals surface area contributed by atoms with Crippen LogP contribution in [0.2, 0.25) is 0 Å². The minimum absolute atomic E-state index is 0.0962. The molecule has 88 valence electrons. The van der Waals surface area contributed by atoms with E-state index in [9.17, 15) is 4.79 Å². The van der Waals surface area contributed by atoms with Gasteiger partial charge in [-0.1, -0.05) is 37.3 Å². The molecule has 1 rings (SSSR count). The zero-order chi connectivity index (χ0) is 12.1. The van der Waals surface area contributed by atoms with Gasteiger partial charge in [-0.2, -0.15) is 0 Å². The number of nitrogens with two attached hydrogens (primary N) is 1. The second kappa shape index (κ2) is 5.66. The first-order valence-electron chi connectivity index (χ1n) is 5.63. The quantitative estimate of drug-likeness (QED) is 0.841. The van der Waals surface area contributed by atoms with Crippen LogP contribution in [0.25, 0.3) is 0 Å². The van der Waals surface area contributed by atoms with Gasteiger partial charge in [0.15, 0.2) is 0 Å². The molecule has 0 aromatic heterocycles. The molecule has 0 aliphatic rings. The number of amides is 1. The van der Waals surface area contributed by atoms with Crippen LogP contribution in [0.3, 0.4) is 0 Å². The van der Waals surface area contributed by atoms with Crippen LogP contribution in [0.5, 0.6) is 0 Å². The SMILES string of the molecule is CCN(C)C(=O)[C@H](C)[C@H](N)c1ccccc1. The van der Waals surface area contributed by atoms with E-state index >= 15 is 0 Å². The van der Waals surface area contributed by atoms with Gasteiger partial charge < -0.3 is 10.6 Å². The number of benzene rings is 1. The van der Waals surface area contributed by atoms with Crippen LogP contribution in [0.15, 0.2) is 30.3 Å². The Morgan fingerprint density at radius 1 is 1.38 bits per heavy atom. The van der Waals surface area contributed by atoms with E-state index in [1.165, 1.54) is 0 Å². The molecule has 0 radical (unpaired) electrons. The zero-order valence-electron chi connectivity index (χ0n) is 10.2. The van der Waals surface area contributed by atoms with E-state index in [4.69, 9.17) is 5.73 Å². The highest BCUT2D eigenvalue weighted by atomic mass is 16.2. The van der Waals surface area contributed by atoms with E-state index in [-0.39, 0.29) is 17.9 Å². The second-order valence-corrected chi connectivity index (χ2v) is 4.08. The minimum Gasteiger partial charge on any atom is -0.346 e. The Kier molecular flexibility index (Phi) is 4.50. The molecule has 0 saturated heterocycles. The molecule has 2 atom stereocenters. The molecule has 0 bridgehead atoms. The first-order chi connectivity index (χ1) is 7.57. The fourth-order valence-electron chi connectivity index (χ4n) is 1.62. The van der Waals surface area contributed by atoms with Crippen LogP contribution < -0.4 is 5.73 Å². The lowest BCUT2D eigenvalue weighted by Gasteiger charge is -2.24. The summed E-state index contributed by atoms with van der Waals surface area (Å²) < 4.78 is 0. The summed E-state index contributed by atoms with van der Waals surface area (Å²) in [5.74, 6) is -0.0915. The lowest BCUT2D eigenvalue weighted by atomic mass is 9.94. The van der Waals surface area contributed by atoms with Crippen molar-refractivity contribution in [2.45, 2.75) is 19.9 Å². The molecular weight excluding hydrogens is 200 g/mol. The van der Waals surface area contributed by atoms with Gasteiger partial charge in [0.05, 0.1) is 5.92 Å². The monoisotopic (exact) mass is 220 g/mol. The van der Waals surface area contributed by atoms with Crippen molar-refractivity contribution in [3.63, 3.8) is 0 Å². The molecule has 0 aliphatic heterocycles. The predicted molar refractivity (Wildman–Crippen MR) is 65.8 cm³/mol. The Balaban J connectivity index is 2.75. The smallest absolute Gasteiger partial charge is 0.227 e. The molecule has 0 heterocycles. The lowest BCUT2D eigenvalue weighted by molar-refractivity contribution is -0.134. The van der Waals surface area contributed by atoms with E-state index in [1.807, 2.05) is 44.2 Å². The van der Waals surface area contributed by atoms with E-state index in [0.29, 0.717) is 6.54 Å². The van der Waals surface area contributed by atoms with Gasteiger partial charge in [0.1, 0.15) is 0 Å². The van der Waals surface area contributed by atoms with Crippen LogP contribution in [0.1, 0.15) is 25.5 Å². The molecule has 2 N–H and O–H groups in total. The Hall–Kier alpha value is -1.35. The number of carbonyl (C=O) groups excluding carboxylic acids is 1. The zero-order valence-corrected chi connectivity index (χ0v) is 10.2. The summed E-state index contributed by atoms with van der Waals surface area (Å²) in [6.07, 6.45) is 0. The lowest BCUT2D eigenvalue weighted by Crippen LogP contribution is -2.36. The topological polar surface area (TPSA) is 46.3 Å². The molecule has 1 aromatic rings. The Bertz CT molecular complexity index is 337. The standard InChI is InChI=1S/C13H20N2O/c1-4-15(3)13(16)10(2)12(14)11-8-6-5-7-9-11/h5-10,12H,4,14H2,1-3H3/t10-,12+/m1/s1. The third-order valence-electron chi connectivity index (χ3n) is 2.96. The third-order valence-corrected chi connectivity index (χ3v) is 2.96. The van der Waals surface area contributed by atoms with Gasteiger partial charge in [0.25, 0.3) is 0 Å². The highest BCUT2D eigenvalue weighted by molar-refractivity contribution is 5.79. The van der Waals surface area contributed by atoms with E-state index in [1.54, 1.807) is 11.9 Å². The van der Waals surface area contributed by atoms with Gasteiger partial charge in [-0.3, -0.25) is 4.79 Å². The number of hydrogen-bond acceptors (Lipinski definition) is 2. The highest BCUT2D eigenvalue weighted by Crippen LogP contribution is 2.20. The predicted octanol–water partition coefficient (Wildman–Crippen LogP) is 1.80. The maximum Gasteiger partial charge on any atom is 0.227 e. The number of hydrogen-bond donors (Lipinski definition) is 1. The summed E-state index contributed by atoms with van der Waals surface area (Å²) in [4.78, 5) is 13.6. The molecule has 0 unspecified atom stereocenters. The molecule has 0 fully saturated rings. The van der Waals surface area contributed by atoms with E-state index < -0.39 is 0 Å². The van der Waals surface area contributed by atoms with Crippen molar-refractivity contribution >= 4 is 5.91 Å². The summed E-state index contributed by atoms with van der Waals surface area (Å²) in [5, 5.41) is 0. The van der Waals surface area contributed by atoms with Crippen molar-refractivity contribution < 1.29 is 4.79 Å². The Morgan fingerprint density at radius 2 is 1.94 bits per heavy atom. The Labute approximate surface area is 97.2 Å². The van der Waals surface area contributed by atoms with Crippen LogP contribution >= 0.6 is 0 Å². The van der Waals surface area contributed by atoms with Crippen molar-refractivity contribution in [1.82, 2.24) is 4.90 Å². The van der Waals surface area contributed by atoms with Crippen molar-refractivity contribution in [3.8, 4) is 0 Å². The average Bonchev–Trinajstić information content (AvgIpc) is 2.36. The van der Waals surface area contributed by atoms with Crippen molar-refractivity contribution in [3.05, 3.63) is 35.9 Å².